The molecule has 0 aromatic heterocycles. The maximum absolute atomic E-state index is 12.4. The van der Waals surface area contributed by atoms with Gasteiger partial charge in [-0.3, -0.25) is 9.59 Å². The summed E-state index contributed by atoms with van der Waals surface area (Å²) >= 11 is 1.56. The zero-order valence-corrected chi connectivity index (χ0v) is 18.0. The monoisotopic (exact) mass is 423 g/mol. The van der Waals surface area contributed by atoms with Gasteiger partial charge in [0.2, 0.25) is 5.91 Å². The summed E-state index contributed by atoms with van der Waals surface area (Å²) in [5.74, 6) is 0.422. The largest absolute Gasteiger partial charge is 0.481 e. The summed E-state index contributed by atoms with van der Waals surface area (Å²) in [5, 5.41) is 11.7. The van der Waals surface area contributed by atoms with Crippen LogP contribution in [0.1, 0.15) is 62.0 Å². The lowest BCUT2D eigenvalue weighted by atomic mass is 9.84. The lowest BCUT2D eigenvalue weighted by Gasteiger charge is -2.21. The van der Waals surface area contributed by atoms with E-state index < -0.39 is 5.97 Å². The summed E-state index contributed by atoms with van der Waals surface area (Å²) in [7, 11) is 0. The van der Waals surface area contributed by atoms with Crippen LogP contribution in [-0.4, -0.2) is 22.7 Å². The molecule has 0 spiro atoms. The molecule has 0 unspecified atom stereocenters. The first kappa shape index (κ1) is 22.2. The molecule has 0 bridgehead atoms. The summed E-state index contributed by atoms with van der Waals surface area (Å²) in [6, 6.07) is 16.1. The molecule has 0 radical (unpaired) electrons. The van der Waals surface area contributed by atoms with E-state index in [0.29, 0.717) is 18.1 Å². The molecule has 1 aliphatic rings. The Hall–Kier alpha value is -2.53. The van der Waals surface area contributed by atoms with Crippen molar-refractivity contribution >= 4 is 35.4 Å². The zero-order valence-electron chi connectivity index (χ0n) is 17.2. The number of rotatable bonds is 9. The Kier molecular flexibility index (Phi) is 8.57. The number of carboxylic acids is 1. The minimum atomic E-state index is -0.783. The Labute approximate surface area is 182 Å². The van der Waals surface area contributed by atoms with Crippen LogP contribution in [0, 0.1) is 0 Å². The van der Waals surface area contributed by atoms with E-state index in [9.17, 15) is 9.59 Å². The predicted molar refractivity (Wildman–Crippen MR) is 124 cm³/mol. The minimum Gasteiger partial charge on any atom is -0.481 e. The molecule has 5 heteroatoms. The van der Waals surface area contributed by atoms with Gasteiger partial charge in [-0.25, -0.2) is 0 Å². The number of hydrogen-bond acceptors (Lipinski definition) is 3. The van der Waals surface area contributed by atoms with Crippen molar-refractivity contribution in [3.8, 4) is 0 Å². The SMILES string of the molecule is O=C(O)CCCSc1ccccc1NC(=O)C=Cc1ccc(C2CCCCC2)cc1. The number of carboxylic acid groups (broad SMARTS) is 1. The molecule has 2 aromatic carbocycles. The van der Waals surface area contributed by atoms with E-state index in [4.69, 9.17) is 5.11 Å². The van der Waals surface area contributed by atoms with Gasteiger partial charge in [-0.2, -0.15) is 0 Å². The molecule has 1 saturated carbocycles. The van der Waals surface area contributed by atoms with Gasteiger partial charge in [0, 0.05) is 17.4 Å². The summed E-state index contributed by atoms with van der Waals surface area (Å²) in [5.41, 5.74) is 3.17. The third-order valence-electron chi connectivity index (χ3n) is 5.38. The Morgan fingerprint density at radius 2 is 1.77 bits per heavy atom. The molecule has 0 atom stereocenters. The van der Waals surface area contributed by atoms with Crippen LogP contribution < -0.4 is 5.32 Å². The number of amides is 1. The third-order valence-corrected chi connectivity index (χ3v) is 6.54. The van der Waals surface area contributed by atoms with Crippen molar-refractivity contribution in [3.63, 3.8) is 0 Å². The molecule has 158 valence electrons. The predicted octanol–water partition coefficient (Wildman–Crippen LogP) is 6.34. The quantitative estimate of drug-likeness (QED) is 0.280. The second-order valence-electron chi connectivity index (χ2n) is 7.67. The van der Waals surface area contributed by atoms with Crippen molar-refractivity contribution in [3.05, 3.63) is 65.7 Å². The first-order valence-electron chi connectivity index (χ1n) is 10.6. The number of nitrogens with one attached hydrogen (secondary N) is 1. The molecule has 2 aromatic rings. The second kappa shape index (κ2) is 11.6. The van der Waals surface area contributed by atoms with Crippen molar-refractivity contribution < 1.29 is 14.7 Å². The highest BCUT2D eigenvalue weighted by molar-refractivity contribution is 7.99. The van der Waals surface area contributed by atoms with Gasteiger partial charge in [0.1, 0.15) is 0 Å². The fourth-order valence-electron chi connectivity index (χ4n) is 3.76. The van der Waals surface area contributed by atoms with E-state index in [2.05, 4.69) is 29.6 Å². The summed E-state index contributed by atoms with van der Waals surface area (Å²) < 4.78 is 0. The standard InChI is InChI=1S/C25H29NO3S/c27-24(26-22-9-4-5-10-23(22)30-18-6-11-25(28)29)17-14-19-12-15-21(16-13-19)20-7-2-1-3-8-20/h4-5,9-10,12-17,20H,1-3,6-8,11,18H2,(H,26,27)(H,28,29). The maximum Gasteiger partial charge on any atom is 0.303 e. The molecule has 0 aliphatic heterocycles. The van der Waals surface area contributed by atoms with Crippen LogP contribution in [-0.2, 0) is 9.59 Å². The molecule has 1 amide bonds. The van der Waals surface area contributed by atoms with Crippen molar-refractivity contribution in [2.45, 2.75) is 55.8 Å². The van der Waals surface area contributed by atoms with E-state index in [1.807, 2.05) is 30.3 Å². The van der Waals surface area contributed by atoms with Crippen LogP contribution in [0.5, 0.6) is 0 Å². The number of thioether (sulfide) groups is 1. The number of para-hydroxylation sites is 1. The number of carbonyl (C=O) groups excluding carboxylic acids is 1. The normalized spacial score (nSPS) is 14.7. The highest BCUT2D eigenvalue weighted by Crippen LogP contribution is 2.32. The Morgan fingerprint density at radius 3 is 2.50 bits per heavy atom. The first-order chi connectivity index (χ1) is 14.6. The summed E-state index contributed by atoms with van der Waals surface area (Å²) in [6.07, 6.45) is 10.7. The van der Waals surface area contributed by atoms with Gasteiger partial charge >= 0.3 is 5.97 Å². The number of aliphatic carboxylic acids is 1. The fourth-order valence-corrected chi connectivity index (χ4v) is 4.72. The maximum atomic E-state index is 12.4. The summed E-state index contributed by atoms with van der Waals surface area (Å²) in [4.78, 5) is 24.0. The average molecular weight is 424 g/mol. The first-order valence-corrected chi connectivity index (χ1v) is 11.6. The summed E-state index contributed by atoms with van der Waals surface area (Å²) in [6.45, 7) is 0. The molecule has 0 heterocycles. The van der Waals surface area contributed by atoms with E-state index in [-0.39, 0.29) is 12.3 Å². The van der Waals surface area contributed by atoms with Gasteiger partial charge in [-0.1, -0.05) is 55.7 Å². The van der Waals surface area contributed by atoms with E-state index >= 15 is 0 Å². The van der Waals surface area contributed by atoms with Gasteiger partial charge in [-0.15, -0.1) is 11.8 Å². The van der Waals surface area contributed by atoms with Crippen molar-refractivity contribution in [2.75, 3.05) is 11.1 Å². The molecular weight excluding hydrogens is 394 g/mol. The number of anilines is 1. The molecule has 3 rings (SSSR count). The average Bonchev–Trinajstić information content (AvgIpc) is 2.77. The Bertz CT molecular complexity index is 870. The third kappa shape index (κ3) is 7.06. The van der Waals surface area contributed by atoms with Crippen LogP contribution in [0.3, 0.4) is 0 Å². The van der Waals surface area contributed by atoms with Gasteiger partial charge in [0.15, 0.2) is 0 Å². The molecule has 0 saturated heterocycles. The van der Waals surface area contributed by atoms with Crippen LogP contribution in [0.25, 0.3) is 6.08 Å². The number of hydrogen-bond donors (Lipinski definition) is 2. The molecule has 4 nitrogen and oxygen atoms in total. The molecule has 2 N–H and O–H groups in total. The van der Waals surface area contributed by atoms with Crippen molar-refractivity contribution in [2.24, 2.45) is 0 Å². The molecule has 30 heavy (non-hydrogen) atoms. The lowest BCUT2D eigenvalue weighted by molar-refractivity contribution is -0.137. The van der Waals surface area contributed by atoms with Crippen molar-refractivity contribution in [1.29, 1.82) is 0 Å². The van der Waals surface area contributed by atoms with E-state index in [0.717, 1.165) is 16.1 Å². The van der Waals surface area contributed by atoms with Gasteiger partial charge in [0.05, 0.1) is 5.69 Å². The van der Waals surface area contributed by atoms with E-state index in [1.165, 1.54) is 37.7 Å². The molecular formula is C25H29NO3S. The van der Waals surface area contributed by atoms with Crippen LogP contribution >= 0.6 is 11.8 Å². The minimum absolute atomic E-state index is 0.157. The highest BCUT2D eigenvalue weighted by Gasteiger charge is 2.14. The van der Waals surface area contributed by atoms with E-state index in [1.54, 1.807) is 17.8 Å². The van der Waals surface area contributed by atoms with Crippen LogP contribution in [0.4, 0.5) is 5.69 Å². The van der Waals surface area contributed by atoms with Crippen LogP contribution in [0.15, 0.2) is 59.5 Å². The second-order valence-corrected chi connectivity index (χ2v) is 8.80. The van der Waals surface area contributed by atoms with Crippen molar-refractivity contribution in [1.82, 2.24) is 0 Å². The van der Waals surface area contributed by atoms with Gasteiger partial charge in [0.25, 0.3) is 0 Å². The Morgan fingerprint density at radius 1 is 1.03 bits per heavy atom. The Balaban J connectivity index is 1.53. The molecule has 1 aliphatic carbocycles. The van der Waals surface area contributed by atoms with Crippen LogP contribution in [0.2, 0.25) is 0 Å². The molecule has 1 fully saturated rings. The zero-order chi connectivity index (χ0) is 21.2. The van der Waals surface area contributed by atoms with Gasteiger partial charge in [-0.05, 0) is 60.3 Å². The topological polar surface area (TPSA) is 66.4 Å². The smallest absolute Gasteiger partial charge is 0.303 e. The number of benzene rings is 2. The van der Waals surface area contributed by atoms with Gasteiger partial charge < -0.3 is 10.4 Å². The number of carbonyl (C=O) groups is 2. The highest BCUT2D eigenvalue weighted by atomic mass is 32.2. The fraction of sp³-hybridized carbons (Fsp3) is 0.360. The lowest BCUT2D eigenvalue weighted by Crippen LogP contribution is -2.08.